The first-order valence-electron chi connectivity index (χ1n) is 5.08. The molecule has 0 radical (unpaired) electrons. The van der Waals surface area contributed by atoms with Crippen molar-refractivity contribution in [2.24, 2.45) is 0 Å². The number of carbonyl (C=O) groups excluding carboxylic acids is 1. The Bertz CT molecular complexity index is 473. The summed E-state index contributed by atoms with van der Waals surface area (Å²) in [6, 6.07) is 4.10. The molecule has 1 unspecified atom stereocenters. The average molecular weight is 236 g/mol. The number of benzene rings is 1. The van der Waals surface area contributed by atoms with Crippen LogP contribution in [0.3, 0.4) is 0 Å². The van der Waals surface area contributed by atoms with E-state index in [-0.39, 0.29) is 12.5 Å². The maximum atomic E-state index is 11.1. The van der Waals surface area contributed by atoms with Crippen LogP contribution in [0.15, 0.2) is 18.2 Å². The number of rotatable bonds is 3. The molecule has 1 aliphatic heterocycles. The minimum Gasteiger partial charge on any atom is -0.482 e. The van der Waals surface area contributed by atoms with Crippen molar-refractivity contribution in [2.45, 2.75) is 6.04 Å². The lowest BCUT2D eigenvalue weighted by molar-refractivity contribution is -0.139. The molecule has 3 N–H and O–H groups in total. The number of hydrogen-bond donors (Lipinski definition) is 3. The van der Waals surface area contributed by atoms with E-state index < -0.39 is 12.0 Å². The number of anilines is 1. The van der Waals surface area contributed by atoms with Crippen molar-refractivity contribution in [1.82, 2.24) is 5.32 Å². The van der Waals surface area contributed by atoms with Crippen molar-refractivity contribution < 1.29 is 19.4 Å². The molecular weight excluding hydrogens is 224 g/mol. The fourth-order valence-electron chi connectivity index (χ4n) is 1.71. The molecule has 17 heavy (non-hydrogen) atoms. The highest BCUT2D eigenvalue weighted by atomic mass is 16.5. The zero-order valence-electron chi connectivity index (χ0n) is 9.19. The summed E-state index contributed by atoms with van der Waals surface area (Å²) in [7, 11) is 1.56. The van der Waals surface area contributed by atoms with E-state index in [0.717, 1.165) is 0 Å². The van der Waals surface area contributed by atoms with Gasteiger partial charge in [0.15, 0.2) is 6.61 Å². The number of hydrogen-bond acceptors (Lipinski definition) is 4. The van der Waals surface area contributed by atoms with Crippen molar-refractivity contribution in [3.8, 4) is 5.75 Å². The van der Waals surface area contributed by atoms with Crippen LogP contribution in [0.4, 0.5) is 5.69 Å². The van der Waals surface area contributed by atoms with E-state index in [9.17, 15) is 9.59 Å². The Hall–Kier alpha value is -2.08. The normalized spacial score (nSPS) is 15.5. The van der Waals surface area contributed by atoms with Crippen LogP contribution in [0.5, 0.6) is 5.75 Å². The smallest absolute Gasteiger partial charge is 0.325 e. The first-order chi connectivity index (χ1) is 8.11. The Labute approximate surface area is 97.6 Å². The van der Waals surface area contributed by atoms with Gasteiger partial charge in [0.2, 0.25) is 0 Å². The third-order valence-corrected chi connectivity index (χ3v) is 2.51. The summed E-state index contributed by atoms with van der Waals surface area (Å²) in [5.41, 5.74) is 1.06. The second-order valence-electron chi connectivity index (χ2n) is 3.65. The van der Waals surface area contributed by atoms with Crippen molar-refractivity contribution >= 4 is 17.6 Å². The molecule has 1 aromatic carbocycles. The molecule has 0 aromatic heterocycles. The minimum atomic E-state index is -0.976. The van der Waals surface area contributed by atoms with Crippen LogP contribution < -0.4 is 15.4 Å². The number of aliphatic carboxylic acids is 1. The summed E-state index contributed by atoms with van der Waals surface area (Å²) < 4.78 is 5.18. The maximum absolute atomic E-state index is 11.1. The van der Waals surface area contributed by atoms with E-state index in [1.807, 2.05) is 0 Å². The summed E-state index contributed by atoms with van der Waals surface area (Å²) in [5, 5.41) is 14.3. The molecule has 6 nitrogen and oxygen atoms in total. The van der Waals surface area contributed by atoms with E-state index in [1.165, 1.54) is 0 Å². The van der Waals surface area contributed by atoms with E-state index in [2.05, 4.69) is 10.6 Å². The molecular formula is C11H12N2O4. The van der Waals surface area contributed by atoms with Crippen LogP contribution in [-0.4, -0.2) is 30.6 Å². The second kappa shape index (κ2) is 4.42. The molecule has 0 aliphatic carbocycles. The quantitative estimate of drug-likeness (QED) is 0.705. The van der Waals surface area contributed by atoms with Crippen molar-refractivity contribution in [1.29, 1.82) is 0 Å². The molecule has 0 bridgehead atoms. The molecule has 1 atom stereocenters. The molecule has 0 saturated heterocycles. The Morgan fingerprint density at radius 3 is 3.00 bits per heavy atom. The molecule has 0 fully saturated rings. The summed E-state index contributed by atoms with van der Waals surface area (Å²) in [6.07, 6.45) is 0. The predicted octanol–water partition coefficient (Wildman–Crippen LogP) is 0.363. The summed E-state index contributed by atoms with van der Waals surface area (Å²) in [4.78, 5) is 22.1. The van der Waals surface area contributed by atoms with Crippen LogP contribution in [0.25, 0.3) is 0 Å². The maximum Gasteiger partial charge on any atom is 0.325 e. The van der Waals surface area contributed by atoms with Gasteiger partial charge < -0.3 is 20.5 Å². The number of amides is 1. The number of likely N-dealkylation sites (N-methyl/N-ethyl adjacent to an activating group) is 1. The number of fused-ring (bicyclic) bond motifs is 1. The Morgan fingerprint density at radius 1 is 1.59 bits per heavy atom. The van der Waals surface area contributed by atoms with Gasteiger partial charge in [-0.3, -0.25) is 9.59 Å². The minimum absolute atomic E-state index is 0.0132. The van der Waals surface area contributed by atoms with Gasteiger partial charge in [0, 0.05) is 0 Å². The summed E-state index contributed by atoms with van der Waals surface area (Å²) in [6.45, 7) is -0.0132. The van der Waals surface area contributed by atoms with Crippen LogP contribution >= 0.6 is 0 Å². The van der Waals surface area contributed by atoms with E-state index in [4.69, 9.17) is 9.84 Å². The Morgan fingerprint density at radius 2 is 2.35 bits per heavy atom. The van der Waals surface area contributed by atoms with Gasteiger partial charge in [0.05, 0.1) is 5.69 Å². The second-order valence-corrected chi connectivity index (χ2v) is 3.65. The van der Waals surface area contributed by atoms with Crippen molar-refractivity contribution in [3.63, 3.8) is 0 Å². The largest absolute Gasteiger partial charge is 0.482 e. The van der Waals surface area contributed by atoms with Gasteiger partial charge in [0.1, 0.15) is 11.8 Å². The number of carboxylic acid groups (broad SMARTS) is 1. The molecule has 1 heterocycles. The Kier molecular flexibility index (Phi) is 2.97. The zero-order valence-corrected chi connectivity index (χ0v) is 9.19. The lowest BCUT2D eigenvalue weighted by atomic mass is 10.1. The van der Waals surface area contributed by atoms with Gasteiger partial charge in [-0.05, 0) is 24.7 Å². The highest BCUT2D eigenvalue weighted by Crippen LogP contribution is 2.30. The lowest BCUT2D eigenvalue weighted by Crippen LogP contribution is -2.27. The number of nitrogens with one attached hydrogen (secondary N) is 2. The fraction of sp³-hybridized carbons (Fsp3) is 0.273. The molecule has 0 saturated carbocycles. The molecule has 2 rings (SSSR count). The van der Waals surface area contributed by atoms with Gasteiger partial charge in [-0.1, -0.05) is 6.07 Å². The SMILES string of the molecule is CNC(C(=O)O)c1ccc2c(c1)NC(=O)CO2. The van der Waals surface area contributed by atoms with E-state index in [0.29, 0.717) is 17.0 Å². The number of carboxylic acids is 1. The average Bonchev–Trinajstić information content (AvgIpc) is 2.29. The standard InChI is InChI=1S/C11H12N2O4/c1-12-10(11(15)16)6-2-3-8-7(4-6)13-9(14)5-17-8/h2-4,10,12H,5H2,1H3,(H,13,14)(H,15,16). The number of ether oxygens (including phenoxy) is 1. The van der Waals surface area contributed by atoms with Gasteiger partial charge in [-0.15, -0.1) is 0 Å². The van der Waals surface area contributed by atoms with Crippen LogP contribution in [0, 0.1) is 0 Å². The molecule has 1 aromatic rings. The molecule has 1 amide bonds. The van der Waals surface area contributed by atoms with Gasteiger partial charge in [-0.2, -0.15) is 0 Å². The van der Waals surface area contributed by atoms with Gasteiger partial charge >= 0.3 is 5.97 Å². The zero-order chi connectivity index (χ0) is 12.4. The monoisotopic (exact) mass is 236 g/mol. The van der Waals surface area contributed by atoms with Crippen LogP contribution in [0.1, 0.15) is 11.6 Å². The van der Waals surface area contributed by atoms with Gasteiger partial charge in [0.25, 0.3) is 5.91 Å². The molecule has 1 aliphatic rings. The topological polar surface area (TPSA) is 87.7 Å². The van der Waals surface area contributed by atoms with E-state index >= 15 is 0 Å². The highest BCUT2D eigenvalue weighted by molar-refractivity contribution is 5.95. The van der Waals surface area contributed by atoms with Crippen LogP contribution in [-0.2, 0) is 9.59 Å². The number of carbonyl (C=O) groups is 2. The highest BCUT2D eigenvalue weighted by Gasteiger charge is 2.21. The van der Waals surface area contributed by atoms with Gasteiger partial charge in [-0.25, -0.2) is 0 Å². The van der Waals surface area contributed by atoms with Crippen molar-refractivity contribution in [3.05, 3.63) is 23.8 Å². The van der Waals surface area contributed by atoms with Crippen molar-refractivity contribution in [2.75, 3.05) is 19.0 Å². The molecule has 6 heteroatoms. The summed E-state index contributed by atoms with van der Waals surface area (Å²) in [5.74, 6) is -0.671. The first kappa shape index (κ1) is 11.4. The molecule has 0 spiro atoms. The predicted molar refractivity (Wildman–Crippen MR) is 60.0 cm³/mol. The summed E-state index contributed by atoms with van der Waals surface area (Å²) >= 11 is 0. The Balaban J connectivity index is 2.35. The third-order valence-electron chi connectivity index (χ3n) is 2.51. The fourth-order valence-corrected chi connectivity index (χ4v) is 1.71. The first-order valence-corrected chi connectivity index (χ1v) is 5.08. The lowest BCUT2D eigenvalue weighted by Gasteiger charge is -2.20. The molecule has 90 valence electrons. The third kappa shape index (κ3) is 2.21. The van der Waals surface area contributed by atoms with Crippen LogP contribution in [0.2, 0.25) is 0 Å². The van der Waals surface area contributed by atoms with E-state index in [1.54, 1.807) is 25.2 Å².